The van der Waals surface area contributed by atoms with Crippen LogP contribution in [0.1, 0.15) is 0 Å². The van der Waals surface area contributed by atoms with E-state index in [2.05, 4.69) is 12.6 Å². The molecule has 1 aliphatic rings. The second-order valence-corrected chi connectivity index (χ2v) is 3.32. The minimum atomic E-state index is -1.46. The molecule has 0 radical (unpaired) electrons. The van der Waals surface area contributed by atoms with Crippen molar-refractivity contribution in [3.05, 3.63) is 0 Å². The van der Waals surface area contributed by atoms with E-state index < -0.39 is 29.9 Å². The van der Waals surface area contributed by atoms with Crippen LogP contribution in [0, 0.1) is 0 Å². The summed E-state index contributed by atoms with van der Waals surface area (Å²) in [5.74, 6) is 0. The second kappa shape index (κ2) is 3.91. The molecule has 0 bridgehead atoms. The first-order valence-corrected chi connectivity index (χ1v) is 4.08. The molecule has 0 spiro atoms. The molecule has 0 aliphatic carbocycles. The van der Waals surface area contributed by atoms with Crippen LogP contribution in [-0.2, 0) is 4.74 Å². The molecule has 1 fully saturated rings. The third-order valence-electron chi connectivity index (χ3n) is 1.87. The van der Waals surface area contributed by atoms with Crippen molar-refractivity contribution in [3.63, 3.8) is 0 Å². The fourth-order valence-electron chi connectivity index (χ4n) is 1.08. The lowest BCUT2D eigenvalue weighted by Gasteiger charge is -2.37. The van der Waals surface area contributed by atoms with E-state index in [4.69, 9.17) is 20.1 Å². The van der Waals surface area contributed by atoms with Gasteiger partial charge in [-0.3, -0.25) is 0 Å². The maximum atomic E-state index is 9.24. The number of rotatable bonds is 1. The van der Waals surface area contributed by atoms with Crippen molar-refractivity contribution in [2.24, 2.45) is 0 Å². The Morgan fingerprint density at radius 2 is 1.75 bits per heavy atom. The molecule has 0 aromatic carbocycles. The molecular weight excluding hydrogens is 184 g/mol. The summed E-state index contributed by atoms with van der Waals surface area (Å²) in [6.45, 7) is -0.352. The van der Waals surface area contributed by atoms with Gasteiger partial charge >= 0.3 is 0 Å². The Morgan fingerprint density at radius 3 is 2.25 bits per heavy atom. The van der Waals surface area contributed by atoms with Crippen LogP contribution < -0.4 is 0 Å². The average Bonchev–Trinajstić information content (AvgIpc) is 2.08. The lowest BCUT2D eigenvalue weighted by atomic mass is 10.0. The SMILES string of the molecule is OC[C@H]1O[C@H](O)[C@@H](O)[C@@H](O)[C@@H]1S. The molecule has 5 nitrogen and oxygen atoms in total. The van der Waals surface area contributed by atoms with Gasteiger partial charge in [0.05, 0.1) is 24.1 Å². The largest absolute Gasteiger partial charge is 0.394 e. The summed E-state index contributed by atoms with van der Waals surface area (Å²) in [5, 5.41) is 35.3. The number of thiol groups is 1. The summed E-state index contributed by atoms with van der Waals surface area (Å²) >= 11 is 3.93. The van der Waals surface area contributed by atoms with Crippen molar-refractivity contribution in [1.29, 1.82) is 0 Å². The maximum Gasteiger partial charge on any atom is 0.183 e. The van der Waals surface area contributed by atoms with Gasteiger partial charge in [0.1, 0.15) is 6.10 Å². The van der Waals surface area contributed by atoms with Crippen LogP contribution in [0.3, 0.4) is 0 Å². The predicted octanol–water partition coefficient (Wildman–Crippen LogP) is -2.28. The Bertz CT molecular complexity index is 150. The van der Waals surface area contributed by atoms with Gasteiger partial charge in [0, 0.05) is 0 Å². The van der Waals surface area contributed by atoms with Crippen LogP contribution in [0.15, 0.2) is 0 Å². The molecule has 72 valence electrons. The molecule has 0 amide bonds. The molecule has 6 heteroatoms. The van der Waals surface area contributed by atoms with E-state index in [1.807, 2.05) is 0 Å². The zero-order valence-corrected chi connectivity index (χ0v) is 7.13. The number of aliphatic hydroxyl groups excluding tert-OH is 4. The average molecular weight is 196 g/mol. The van der Waals surface area contributed by atoms with Gasteiger partial charge in [-0.15, -0.1) is 0 Å². The topological polar surface area (TPSA) is 90.2 Å². The van der Waals surface area contributed by atoms with Crippen molar-refractivity contribution in [2.75, 3.05) is 6.61 Å². The number of aliphatic hydroxyl groups is 4. The molecule has 12 heavy (non-hydrogen) atoms. The van der Waals surface area contributed by atoms with E-state index >= 15 is 0 Å². The van der Waals surface area contributed by atoms with E-state index in [9.17, 15) is 5.11 Å². The van der Waals surface area contributed by atoms with Gasteiger partial charge in [-0.2, -0.15) is 12.6 Å². The lowest BCUT2D eigenvalue weighted by Crippen LogP contribution is -2.56. The van der Waals surface area contributed by atoms with Crippen molar-refractivity contribution >= 4 is 12.6 Å². The zero-order valence-electron chi connectivity index (χ0n) is 6.24. The molecule has 0 aromatic heterocycles. The summed E-state index contributed by atoms with van der Waals surface area (Å²) in [6, 6.07) is 0. The van der Waals surface area contributed by atoms with Crippen LogP contribution in [0.2, 0.25) is 0 Å². The molecule has 5 atom stereocenters. The smallest absolute Gasteiger partial charge is 0.183 e. The van der Waals surface area contributed by atoms with Gasteiger partial charge in [0.2, 0.25) is 0 Å². The van der Waals surface area contributed by atoms with Gasteiger partial charge in [-0.25, -0.2) is 0 Å². The molecule has 1 saturated heterocycles. The van der Waals surface area contributed by atoms with Gasteiger partial charge in [-0.1, -0.05) is 0 Å². The monoisotopic (exact) mass is 196 g/mol. The standard InChI is InChI=1S/C6H12O5S/c7-1-2-5(12)3(8)4(9)6(10)11-2/h2-10,12H,1H2/t2-,3-,4+,5-,6+/m1/s1. The van der Waals surface area contributed by atoms with E-state index in [0.717, 1.165) is 0 Å². The minimum absolute atomic E-state index is 0.352. The quantitative estimate of drug-likeness (QED) is 0.305. The van der Waals surface area contributed by atoms with Crippen LogP contribution in [-0.4, -0.2) is 56.9 Å². The first-order chi connectivity index (χ1) is 5.57. The third kappa shape index (κ3) is 1.73. The van der Waals surface area contributed by atoms with Gasteiger partial charge in [0.15, 0.2) is 6.29 Å². The summed E-state index contributed by atoms with van der Waals surface area (Å²) in [6.07, 6.45) is -4.76. The highest BCUT2D eigenvalue weighted by Crippen LogP contribution is 2.23. The maximum absolute atomic E-state index is 9.24. The van der Waals surface area contributed by atoms with Crippen LogP contribution >= 0.6 is 12.6 Å². The lowest BCUT2D eigenvalue weighted by molar-refractivity contribution is -0.248. The number of hydrogen-bond donors (Lipinski definition) is 5. The normalized spacial score (nSPS) is 49.2. The van der Waals surface area contributed by atoms with Crippen LogP contribution in [0.4, 0.5) is 0 Å². The molecule has 1 rings (SSSR count). The molecule has 0 aromatic rings. The first kappa shape index (κ1) is 10.2. The van der Waals surface area contributed by atoms with Crippen LogP contribution in [0.5, 0.6) is 0 Å². The fourth-order valence-corrected chi connectivity index (χ4v) is 1.42. The Kier molecular flexibility index (Phi) is 3.33. The van der Waals surface area contributed by atoms with Crippen molar-refractivity contribution in [1.82, 2.24) is 0 Å². The second-order valence-electron chi connectivity index (χ2n) is 2.72. The van der Waals surface area contributed by atoms with Crippen molar-refractivity contribution in [3.8, 4) is 0 Å². The highest BCUT2D eigenvalue weighted by atomic mass is 32.1. The third-order valence-corrected chi connectivity index (χ3v) is 2.51. The van der Waals surface area contributed by atoms with Crippen molar-refractivity contribution < 1.29 is 25.2 Å². The molecule has 1 heterocycles. The molecule has 0 unspecified atom stereocenters. The van der Waals surface area contributed by atoms with E-state index in [0.29, 0.717) is 0 Å². The first-order valence-electron chi connectivity index (χ1n) is 3.56. The Morgan fingerprint density at radius 1 is 1.17 bits per heavy atom. The highest BCUT2D eigenvalue weighted by Gasteiger charge is 2.41. The van der Waals surface area contributed by atoms with Gasteiger partial charge < -0.3 is 25.2 Å². The highest BCUT2D eigenvalue weighted by molar-refractivity contribution is 7.81. The van der Waals surface area contributed by atoms with E-state index in [1.54, 1.807) is 0 Å². The Hall–Kier alpha value is 0.150. The minimum Gasteiger partial charge on any atom is -0.394 e. The van der Waals surface area contributed by atoms with E-state index in [-0.39, 0.29) is 6.61 Å². The Labute approximate surface area is 75.0 Å². The summed E-state index contributed by atoms with van der Waals surface area (Å²) in [5.41, 5.74) is 0. The molecule has 4 N–H and O–H groups in total. The molecule has 1 aliphatic heterocycles. The van der Waals surface area contributed by atoms with Crippen molar-refractivity contribution in [2.45, 2.75) is 29.9 Å². The fraction of sp³-hybridized carbons (Fsp3) is 1.00. The number of ether oxygens (including phenoxy) is 1. The molecule has 0 saturated carbocycles. The van der Waals surface area contributed by atoms with Gasteiger partial charge in [0.25, 0.3) is 0 Å². The summed E-state index contributed by atoms with van der Waals surface area (Å²) in [7, 11) is 0. The Balaban J connectivity index is 2.63. The zero-order chi connectivity index (χ0) is 9.30. The summed E-state index contributed by atoms with van der Waals surface area (Å²) < 4.78 is 4.75. The predicted molar refractivity (Wildman–Crippen MR) is 42.8 cm³/mol. The van der Waals surface area contributed by atoms with E-state index in [1.165, 1.54) is 0 Å². The summed E-state index contributed by atoms with van der Waals surface area (Å²) in [4.78, 5) is 0. The number of hydrogen-bond acceptors (Lipinski definition) is 6. The van der Waals surface area contributed by atoms with Crippen LogP contribution in [0.25, 0.3) is 0 Å². The van der Waals surface area contributed by atoms with Gasteiger partial charge in [-0.05, 0) is 0 Å². The molecular formula is C6H12O5S.